The van der Waals surface area contributed by atoms with E-state index in [1.54, 1.807) is 44.3 Å². The van der Waals surface area contributed by atoms with E-state index in [1.165, 1.54) is 0 Å². The molecular weight excluding hydrogens is 414 g/mol. The van der Waals surface area contributed by atoms with Crippen molar-refractivity contribution in [3.05, 3.63) is 41.9 Å². The minimum absolute atomic E-state index is 0.0451. The van der Waals surface area contributed by atoms with Crippen LogP contribution >= 0.6 is 0 Å². The number of ether oxygens (including phenoxy) is 1. The summed E-state index contributed by atoms with van der Waals surface area (Å²) in [6.45, 7) is 4.08. The Morgan fingerprint density at radius 1 is 1.25 bits per heavy atom. The number of anilines is 1. The predicted molar refractivity (Wildman–Crippen MR) is 115 cm³/mol. The number of hydrogen-bond donors (Lipinski definition) is 3. The first-order chi connectivity index (χ1) is 15.2. The maximum Gasteiger partial charge on any atom is 0.434 e. The molecule has 170 valence electrons. The van der Waals surface area contributed by atoms with E-state index in [0.29, 0.717) is 36.7 Å². The summed E-state index contributed by atoms with van der Waals surface area (Å²) >= 11 is 0. The van der Waals surface area contributed by atoms with Crippen molar-refractivity contribution in [2.24, 2.45) is 5.92 Å². The van der Waals surface area contributed by atoms with Gasteiger partial charge in [-0.25, -0.2) is 9.59 Å². The van der Waals surface area contributed by atoms with Gasteiger partial charge in [-0.2, -0.15) is 5.10 Å². The summed E-state index contributed by atoms with van der Waals surface area (Å²) in [5.74, 6) is 0.213. The number of rotatable bonds is 7. The van der Waals surface area contributed by atoms with E-state index in [2.05, 4.69) is 20.7 Å². The molecule has 0 aliphatic heterocycles. The van der Waals surface area contributed by atoms with Gasteiger partial charge >= 0.3 is 12.2 Å². The van der Waals surface area contributed by atoms with Crippen LogP contribution in [0.25, 0.3) is 0 Å². The molecule has 0 aromatic carbocycles. The molecule has 2 amide bonds. The van der Waals surface area contributed by atoms with Crippen LogP contribution < -0.4 is 10.6 Å². The van der Waals surface area contributed by atoms with E-state index in [4.69, 9.17) is 4.74 Å². The molecule has 4 rings (SSSR count). The second kappa shape index (κ2) is 8.60. The molecule has 2 saturated carbocycles. The van der Waals surface area contributed by atoms with Crippen molar-refractivity contribution < 1.29 is 24.2 Å². The van der Waals surface area contributed by atoms with Crippen molar-refractivity contribution in [1.82, 2.24) is 20.1 Å². The summed E-state index contributed by atoms with van der Waals surface area (Å²) in [7, 11) is 0. The molecule has 2 aromatic rings. The molecule has 10 nitrogen and oxygen atoms in total. The first-order valence-corrected chi connectivity index (χ1v) is 10.7. The molecule has 2 fully saturated rings. The minimum Gasteiger partial charge on any atom is -0.463 e. The Labute approximate surface area is 185 Å². The fourth-order valence-corrected chi connectivity index (χ4v) is 3.60. The van der Waals surface area contributed by atoms with Crippen molar-refractivity contribution in [3.63, 3.8) is 0 Å². The monoisotopic (exact) mass is 441 g/mol. The van der Waals surface area contributed by atoms with Crippen LogP contribution in [0.4, 0.5) is 15.4 Å². The maximum atomic E-state index is 12.9. The fraction of sp³-hybridized carbons (Fsp3) is 0.500. The zero-order chi connectivity index (χ0) is 22.9. The third-order valence-corrected chi connectivity index (χ3v) is 6.04. The molecule has 2 aliphatic carbocycles. The highest BCUT2D eigenvalue weighted by Gasteiger charge is 2.37. The highest BCUT2D eigenvalue weighted by atomic mass is 16.6. The molecule has 0 atom stereocenters. The van der Waals surface area contributed by atoms with Crippen molar-refractivity contribution >= 4 is 23.9 Å². The maximum absolute atomic E-state index is 12.9. The summed E-state index contributed by atoms with van der Waals surface area (Å²) in [4.78, 5) is 40.6. The second-order valence-corrected chi connectivity index (χ2v) is 8.96. The van der Waals surface area contributed by atoms with Crippen LogP contribution in [0.1, 0.15) is 56.8 Å². The number of carbonyl (C=O) groups is 3. The van der Waals surface area contributed by atoms with Crippen LogP contribution in [0.3, 0.4) is 0 Å². The molecule has 0 saturated heterocycles. The quantitative estimate of drug-likeness (QED) is 0.601. The van der Waals surface area contributed by atoms with Gasteiger partial charge in [-0.05, 0) is 57.6 Å². The normalized spacial score (nSPS) is 20.2. The summed E-state index contributed by atoms with van der Waals surface area (Å²) in [5.41, 5.74) is 0.132. The smallest absolute Gasteiger partial charge is 0.434 e. The van der Waals surface area contributed by atoms with Crippen LogP contribution in [0, 0.1) is 5.92 Å². The standard InChI is InChI=1S/C22H27N5O5/c1-22(2,17-5-3-4-8-23-17)19(28)25-18-11-16(26-27(18)21(30)31)14-9-15(10-14)32-20(29)24-12-13-6-7-13/h3-5,8,11,13-15H,6-7,9-10,12H2,1-2H3,(H,24,29)(H,25,28)(H,30,31). The van der Waals surface area contributed by atoms with Crippen LogP contribution in [0.15, 0.2) is 30.5 Å². The van der Waals surface area contributed by atoms with Gasteiger partial charge < -0.3 is 20.5 Å². The fourth-order valence-electron chi connectivity index (χ4n) is 3.60. The van der Waals surface area contributed by atoms with Gasteiger partial charge in [0.2, 0.25) is 5.91 Å². The predicted octanol–water partition coefficient (Wildman–Crippen LogP) is 3.10. The highest BCUT2D eigenvalue weighted by Crippen LogP contribution is 2.39. The van der Waals surface area contributed by atoms with Gasteiger partial charge in [-0.1, -0.05) is 6.07 Å². The largest absolute Gasteiger partial charge is 0.463 e. The number of amides is 2. The highest BCUT2D eigenvalue weighted by molar-refractivity contribution is 5.98. The third kappa shape index (κ3) is 4.74. The second-order valence-electron chi connectivity index (χ2n) is 8.96. The first-order valence-electron chi connectivity index (χ1n) is 10.7. The average Bonchev–Trinajstić information content (AvgIpc) is 3.48. The lowest BCUT2D eigenvalue weighted by atomic mass is 9.80. The molecule has 32 heavy (non-hydrogen) atoms. The Bertz CT molecular complexity index is 1010. The Hall–Kier alpha value is -3.43. The number of alkyl carbamates (subject to hydrolysis) is 1. The molecular formula is C22H27N5O5. The Morgan fingerprint density at radius 2 is 2.00 bits per heavy atom. The van der Waals surface area contributed by atoms with E-state index in [0.717, 1.165) is 17.5 Å². The Balaban J connectivity index is 1.38. The van der Waals surface area contributed by atoms with E-state index in [9.17, 15) is 19.5 Å². The molecule has 0 unspecified atom stereocenters. The number of carboxylic acid groups (broad SMARTS) is 1. The van der Waals surface area contributed by atoms with Gasteiger partial charge in [0.1, 0.15) is 11.9 Å². The van der Waals surface area contributed by atoms with Gasteiger partial charge in [0.25, 0.3) is 0 Å². The lowest BCUT2D eigenvalue weighted by Gasteiger charge is -2.33. The zero-order valence-electron chi connectivity index (χ0n) is 18.1. The summed E-state index contributed by atoms with van der Waals surface area (Å²) < 4.78 is 6.14. The van der Waals surface area contributed by atoms with Crippen molar-refractivity contribution in [3.8, 4) is 0 Å². The Kier molecular flexibility index (Phi) is 5.86. The average molecular weight is 441 g/mol. The lowest BCUT2D eigenvalue weighted by molar-refractivity contribution is -0.120. The topological polar surface area (TPSA) is 135 Å². The van der Waals surface area contributed by atoms with Crippen molar-refractivity contribution in [1.29, 1.82) is 0 Å². The minimum atomic E-state index is -1.30. The van der Waals surface area contributed by atoms with Crippen LogP contribution in [-0.4, -0.2) is 50.6 Å². The van der Waals surface area contributed by atoms with E-state index in [1.807, 2.05) is 0 Å². The van der Waals surface area contributed by atoms with Gasteiger partial charge in [-0.3, -0.25) is 9.78 Å². The molecule has 0 radical (unpaired) electrons. The van der Waals surface area contributed by atoms with Crippen molar-refractivity contribution in [2.75, 3.05) is 11.9 Å². The lowest BCUT2D eigenvalue weighted by Crippen LogP contribution is -2.37. The number of carbonyl (C=O) groups excluding carboxylic acids is 2. The molecule has 10 heteroatoms. The van der Waals surface area contributed by atoms with Gasteiger partial charge in [0, 0.05) is 24.7 Å². The number of aromatic nitrogens is 3. The van der Waals surface area contributed by atoms with Crippen LogP contribution in [0.2, 0.25) is 0 Å². The first kappa shape index (κ1) is 21.8. The number of pyridine rings is 1. The number of hydrogen-bond acceptors (Lipinski definition) is 6. The van der Waals surface area contributed by atoms with Gasteiger partial charge in [0.05, 0.1) is 16.8 Å². The third-order valence-electron chi connectivity index (χ3n) is 6.04. The number of nitrogens with one attached hydrogen (secondary N) is 2. The van der Waals surface area contributed by atoms with Gasteiger partial charge in [-0.15, -0.1) is 4.68 Å². The van der Waals surface area contributed by atoms with Crippen molar-refractivity contribution in [2.45, 2.75) is 57.0 Å². The molecule has 2 aromatic heterocycles. The zero-order valence-corrected chi connectivity index (χ0v) is 18.1. The van der Waals surface area contributed by atoms with Crippen LogP contribution in [-0.2, 0) is 14.9 Å². The van der Waals surface area contributed by atoms with Gasteiger partial charge in [0.15, 0.2) is 0 Å². The van der Waals surface area contributed by atoms with Crippen LogP contribution in [0.5, 0.6) is 0 Å². The molecule has 0 spiro atoms. The molecule has 0 bridgehead atoms. The van der Waals surface area contributed by atoms with E-state index >= 15 is 0 Å². The Morgan fingerprint density at radius 3 is 2.62 bits per heavy atom. The molecule has 2 aliphatic rings. The summed E-state index contributed by atoms with van der Waals surface area (Å²) in [6, 6.07) is 6.86. The summed E-state index contributed by atoms with van der Waals surface area (Å²) in [5, 5.41) is 19.1. The summed E-state index contributed by atoms with van der Waals surface area (Å²) in [6.07, 6.45) is 3.07. The molecule has 2 heterocycles. The SMILES string of the molecule is CC(C)(C(=O)Nc1cc(C2CC(OC(=O)NCC3CC3)C2)nn1C(=O)O)c1ccccn1. The number of nitrogens with zero attached hydrogens (tertiary/aromatic N) is 3. The van der Waals surface area contributed by atoms with E-state index < -0.39 is 23.5 Å². The van der Waals surface area contributed by atoms with E-state index in [-0.39, 0.29) is 17.8 Å². The molecule has 3 N–H and O–H groups in total.